The summed E-state index contributed by atoms with van der Waals surface area (Å²) in [5, 5.41) is 3.66. The van der Waals surface area contributed by atoms with Crippen LogP contribution in [0.2, 0.25) is 5.02 Å². The van der Waals surface area contributed by atoms with E-state index in [1.54, 1.807) is 0 Å². The van der Waals surface area contributed by atoms with Gasteiger partial charge >= 0.3 is 0 Å². The summed E-state index contributed by atoms with van der Waals surface area (Å²) in [6.07, 6.45) is 1.65. The minimum Gasteiger partial charge on any atom is -0.379 e. The molecule has 23 heavy (non-hydrogen) atoms. The molecule has 3 rings (SSSR count). The van der Waals surface area contributed by atoms with Gasteiger partial charge in [0.15, 0.2) is 0 Å². The third-order valence-electron chi connectivity index (χ3n) is 3.88. The summed E-state index contributed by atoms with van der Waals surface area (Å²) in [7, 11) is 0. The van der Waals surface area contributed by atoms with Crippen molar-refractivity contribution in [1.82, 2.24) is 20.2 Å². The van der Waals surface area contributed by atoms with Gasteiger partial charge in [-0.2, -0.15) is 0 Å². The number of morpholine rings is 1. The summed E-state index contributed by atoms with van der Waals surface area (Å²) in [6.45, 7) is 4.18. The smallest absolute Gasteiger partial charge is 0.234 e. The number of nitrogens with one attached hydrogen (secondary N) is 2. The lowest BCUT2D eigenvalue weighted by Crippen LogP contribution is -2.43. The summed E-state index contributed by atoms with van der Waals surface area (Å²) in [5.41, 5.74) is 1.87. The molecule has 2 heterocycles. The van der Waals surface area contributed by atoms with Crippen LogP contribution < -0.4 is 5.32 Å². The zero-order valence-electron chi connectivity index (χ0n) is 13.0. The number of fused-ring (bicyclic) bond motifs is 1. The summed E-state index contributed by atoms with van der Waals surface area (Å²) in [4.78, 5) is 21.8. The minimum absolute atomic E-state index is 0.0725. The molecule has 1 amide bonds. The third kappa shape index (κ3) is 4.67. The number of aromatic nitrogens is 2. The Balaban J connectivity index is 1.39. The standard InChI is InChI=1S/C16H21ClN4O2/c17-12-3-4-13-14(10-12)20-15(19-13)2-1-5-18-16(22)11-21-6-8-23-9-7-21/h3-4,10H,1-2,5-9,11H2,(H,18,22)(H,19,20). The Morgan fingerprint density at radius 3 is 3.04 bits per heavy atom. The zero-order valence-corrected chi connectivity index (χ0v) is 13.7. The Labute approximate surface area is 140 Å². The monoisotopic (exact) mass is 336 g/mol. The number of halogens is 1. The van der Waals surface area contributed by atoms with E-state index in [2.05, 4.69) is 20.2 Å². The number of carbonyl (C=O) groups excluding carboxylic acids is 1. The van der Waals surface area contributed by atoms with Gasteiger partial charge in [0.05, 0.1) is 30.8 Å². The highest BCUT2D eigenvalue weighted by Gasteiger charge is 2.13. The molecule has 0 spiro atoms. The second kappa shape index (κ2) is 7.77. The fourth-order valence-corrected chi connectivity index (χ4v) is 2.83. The van der Waals surface area contributed by atoms with Crippen LogP contribution in [0.1, 0.15) is 12.2 Å². The lowest BCUT2D eigenvalue weighted by Gasteiger charge is -2.25. The highest BCUT2D eigenvalue weighted by atomic mass is 35.5. The summed E-state index contributed by atoms with van der Waals surface area (Å²) in [6, 6.07) is 5.61. The van der Waals surface area contributed by atoms with Crippen molar-refractivity contribution < 1.29 is 9.53 Å². The maximum atomic E-state index is 11.9. The number of carbonyl (C=O) groups is 1. The largest absolute Gasteiger partial charge is 0.379 e. The van der Waals surface area contributed by atoms with Gasteiger partial charge in [-0.3, -0.25) is 9.69 Å². The number of ether oxygens (including phenoxy) is 1. The van der Waals surface area contributed by atoms with Crippen LogP contribution in [0.4, 0.5) is 0 Å². The average molecular weight is 337 g/mol. The third-order valence-corrected chi connectivity index (χ3v) is 4.11. The van der Waals surface area contributed by atoms with E-state index in [9.17, 15) is 4.79 Å². The number of benzene rings is 1. The molecular formula is C16H21ClN4O2. The first kappa shape index (κ1) is 16.2. The van der Waals surface area contributed by atoms with Crippen LogP contribution in [0.5, 0.6) is 0 Å². The van der Waals surface area contributed by atoms with Gasteiger partial charge in [-0.25, -0.2) is 4.98 Å². The molecule has 6 nitrogen and oxygen atoms in total. The van der Waals surface area contributed by atoms with E-state index in [1.807, 2.05) is 18.2 Å². The first-order valence-corrected chi connectivity index (χ1v) is 8.29. The molecule has 0 unspecified atom stereocenters. The van der Waals surface area contributed by atoms with Crippen LogP contribution >= 0.6 is 11.6 Å². The van der Waals surface area contributed by atoms with Crippen LogP contribution in [0.25, 0.3) is 11.0 Å². The van der Waals surface area contributed by atoms with Gasteiger partial charge in [-0.15, -0.1) is 0 Å². The van der Waals surface area contributed by atoms with Crippen molar-refractivity contribution in [3.63, 3.8) is 0 Å². The minimum atomic E-state index is 0.0725. The normalized spacial score (nSPS) is 15.9. The van der Waals surface area contributed by atoms with Crippen LogP contribution in [0.3, 0.4) is 0 Å². The lowest BCUT2D eigenvalue weighted by atomic mass is 10.3. The number of H-pyrrole nitrogens is 1. The molecule has 0 aliphatic carbocycles. The topological polar surface area (TPSA) is 70.2 Å². The fraction of sp³-hybridized carbons (Fsp3) is 0.500. The number of imidazole rings is 1. The van der Waals surface area contributed by atoms with Gasteiger partial charge < -0.3 is 15.0 Å². The number of nitrogens with zero attached hydrogens (tertiary/aromatic N) is 2. The Kier molecular flexibility index (Phi) is 5.48. The molecule has 0 bridgehead atoms. The quantitative estimate of drug-likeness (QED) is 0.786. The van der Waals surface area contributed by atoms with Gasteiger partial charge in [-0.1, -0.05) is 11.6 Å². The summed E-state index contributed by atoms with van der Waals surface area (Å²) >= 11 is 5.96. The molecule has 7 heteroatoms. The molecular weight excluding hydrogens is 316 g/mol. The van der Waals surface area contributed by atoms with E-state index in [-0.39, 0.29) is 5.91 Å². The first-order chi connectivity index (χ1) is 11.2. The predicted molar refractivity (Wildman–Crippen MR) is 89.7 cm³/mol. The van der Waals surface area contributed by atoms with E-state index >= 15 is 0 Å². The Hall–Kier alpha value is -1.63. The van der Waals surface area contributed by atoms with E-state index < -0.39 is 0 Å². The number of amides is 1. The number of aryl methyl sites for hydroxylation is 1. The SMILES string of the molecule is O=C(CN1CCOCC1)NCCCc1nc2ccc(Cl)cc2[nH]1. The lowest BCUT2D eigenvalue weighted by molar-refractivity contribution is -0.123. The van der Waals surface area contributed by atoms with Gasteiger partial charge in [0.2, 0.25) is 5.91 Å². The van der Waals surface area contributed by atoms with Crippen molar-refractivity contribution in [1.29, 1.82) is 0 Å². The Bertz CT molecular complexity index is 667. The molecule has 1 aromatic heterocycles. The fourth-order valence-electron chi connectivity index (χ4n) is 2.65. The van der Waals surface area contributed by atoms with E-state index in [0.29, 0.717) is 31.3 Å². The van der Waals surface area contributed by atoms with Crippen molar-refractivity contribution >= 4 is 28.5 Å². The Morgan fingerprint density at radius 1 is 1.39 bits per heavy atom. The first-order valence-electron chi connectivity index (χ1n) is 7.92. The number of aromatic amines is 1. The molecule has 2 N–H and O–H groups in total. The van der Waals surface area contributed by atoms with Gasteiger partial charge in [0, 0.05) is 31.1 Å². The zero-order chi connectivity index (χ0) is 16.1. The van der Waals surface area contributed by atoms with Gasteiger partial charge in [0.25, 0.3) is 0 Å². The van der Waals surface area contributed by atoms with E-state index in [1.165, 1.54) is 0 Å². The van der Waals surface area contributed by atoms with Crippen molar-refractivity contribution in [2.45, 2.75) is 12.8 Å². The van der Waals surface area contributed by atoms with Gasteiger partial charge in [0.1, 0.15) is 5.82 Å². The molecule has 1 aliphatic rings. The maximum absolute atomic E-state index is 11.9. The molecule has 0 saturated carbocycles. The molecule has 1 saturated heterocycles. The van der Waals surface area contributed by atoms with Crippen LogP contribution in [-0.4, -0.2) is 60.2 Å². The second-order valence-corrected chi connectivity index (χ2v) is 6.12. The number of hydrogen-bond acceptors (Lipinski definition) is 4. The number of rotatable bonds is 6. The van der Waals surface area contributed by atoms with Crippen LogP contribution in [0, 0.1) is 0 Å². The second-order valence-electron chi connectivity index (χ2n) is 5.69. The van der Waals surface area contributed by atoms with Crippen LogP contribution in [-0.2, 0) is 16.0 Å². The summed E-state index contributed by atoms with van der Waals surface area (Å²) < 4.78 is 5.27. The highest BCUT2D eigenvalue weighted by molar-refractivity contribution is 6.31. The molecule has 0 radical (unpaired) electrons. The van der Waals surface area contributed by atoms with Gasteiger partial charge in [-0.05, 0) is 24.6 Å². The predicted octanol–water partition coefficient (Wildman–Crippen LogP) is 1.60. The maximum Gasteiger partial charge on any atom is 0.234 e. The highest BCUT2D eigenvalue weighted by Crippen LogP contribution is 2.17. The molecule has 2 aromatic rings. The van der Waals surface area contributed by atoms with Crippen LogP contribution in [0.15, 0.2) is 18.2 Å². The van der Waals surface area contributed by atoms with Crippen molar-refractivity contribution in [3.05, 3.63) is 29.0 Å². The Morgan fingerprint density at radius 2 is 2.22 bits per heavy atom. The average Bonchev–Trinajstić information content (AvgIpc) is 2.94. The van der Waals surface area contributed by atoms with E-state index in [0.717, 1.165) is 42.8 Å². The number of hydrogen-bond donors (Lipinski definition) is 2. The van der Waals surface area contributed by atoms with Crippen molar-refractivity contribution in [3.8, 4) is 0 Å². The molecule has 0 atom stereocenters. The van der Waals surface area contributed by atoms with Crippen molar-refractivity contribution in [2.24, 2.45) is 0 Å². The molecule has 1 fully saturated rings. The summed E-state index contributed by atoms with van der Waals surface area (Å²) in [5.74, 6) is 0.994. The van der Waals surface area contributed by atoms with E-state index in [4.69, 9.17) is 16.3 Å². The molecule has 1 aromatic carbocycles. The molecule has 1 aliphatic heterocycles. The van der Waals surface area contributed by atoms with Crippen molar-refractivity contribution in [2.75, 3.05) is 39.4 Å². The molecule has 124 valence electrons.